The van der Waals surface area contributed by atoms with Gasteiger partial charge in [-0.25, -0.2) is 18.9 Å². The number of carbonyl (C=O) groups excluding carboxylic acids is 4. The summed E-state index contributed by atoms with van der Waals surface area (Å²) in [6.07, 6.45) is 1.22. The number of hydrogen-bond donors (Lipinski definition) is 1. The predicted molar refractivity (Wildman–Crippen MR) is 107 cm³/mol. The van der Waals surface area contributed by atoms with E-state index in [9.17, 15) is 23.6 Å². The van der Waals surface area contributed by atoms with Gasteiger partial charge in [0.1, 0.15) is 17.1 Å². The molecule has 30 heavy (non-hydrogen) atoms. The van der Waals surface area contributed by atoms with Crippen molar-refractivity contribution in [2.45, 2.75) is 0 Å². The Bertz CT molecular complexity index is 1080. The highest BCUT2D eigenvalue weighted by Crippen LogP contribution is 2.28. The Kier molecular flexibility index (Phi) is 6.26. The lowest BCUT2D eigenvalue weighted by atomic mass is 10.1. The number of urea groups is 1. The van der Waals surface area contributed by atoms with Crippen LogP contribution >= 0.6 is 15.9 Å². The molecule has 0 radical (unpaired) electrons. The molecule has 0 aromatic heterocycles. The lowest BCUT2D eigenvalue weighted by Crippen LogP contribution is -2.54. The fourth-order valence-electron chi connectivity index (χ4n) is 2.62. The summed E-state index contributed by atoms with van der Waals surface area (Å²) in [5, 5.41) is 2.05. The maximum absolute atomic E-state index is 13.6. The number of ether oxygens (including phenoxy) is 2. The molecule has 0 aliphatic carbocycles. The number of hydrogen-bond acceptors (Lipinski definition) is 6. The first kappa shape index (κ1) is 21.2. The second-order valence-electron chi connectivity index (χ2n) is 5.98. The molecule has 1 saturated heterocycles. The summed E-state index contributed by atoms with van der Waals surface area (Å²) in [6, 6.07) is 8.57. The number of rotatable bonds is 5. The second kappa shape index (κ2) is 8.87. The molecule has 0 spiro atoms. The monoisotopic (exact) mass is 476 g/mol. The molecule has 4 amide bonds. The van der Waals surface area contributed by atoms with Gasteiger partial charge in [0.15, 0.2) is 6.61 Å². The summed E-state index contributed by atoms with van der Waals surface area (Å²) in [5.74, 6) is -2.93. The molecule has 0 saturated carbocycles. The van der Waals surface area contributed by atoms with E-state index in [2.05, 4.69) is 26.0 Å². The molecule has 154 valence electrons. The van der Waals surface area contributed by atoms with Crippen molar-refractivity contribution in [1.29, 1.82) is 0 Å². The van der Waals surface area contributed by atoms with E-state index in [1.54, 1.807) is 12.1 Å². The van der Waals surface area contributed by atoms with Gasteiger partial charge in [0.2, 0.25) is 0 Å². The van der Waals surface area contributed by atoms with Crippen molar-refractivity contribution < 1.29 is 33.0 Å². The minimum Gasteiger partial charge on any atom is -0.481 e. The van der Waals surface area contributed by atoms with Crippen LogP contribution in [0.1, 0.15) is 5.56 Å². The van der Waals surface area contributed by atoms with E-state index in [1.807, 2.05) is 0 Å². The van der Waals surface area contributed by atoms with E-state index in [-0.39, 0.29) is 23.6 Å². The third-order valence-electron chi connectivity index (χ3n) is 4.01. The summed E-state index contributed by atoms with van der Waals surface area (Å²) in [6.45, 7) is -0.387. The van der Waals surface area contributed by atoms with Crippen LogP contribution in [0.4, 0.5) is 14.9 Å². The lowest BCUT2D eigenvalue weighted by Gasteiger charge is -2.26. The second-order valence-corrected chi connectivity index (χ2v) is 6.90. The highest BCUT2D eigenvalue weighted by atomic mass is 79.9. The molecule has 3 rings (SSSR count). The maximum atomic E-state index is 13.6. The predicted octanol–water partition coefficient (Wildman–Crippen LogP) is 2.81. The van der Waals surface area contributed by atoms with Crippen LogP contribution in [-0.4, -0.2) is 37.5 Å². The number of amides is 4. The first-order valence-corrected chi connectivity index (χ1v) is 9.25. The standard InChI is InChI=1S/C20H14BrFN2O6/c1-29-17(25)10-30-16-6-5-12(21)7-11(16)8-15-18(26)23-20(28)24(19(15)27)14-4-2-3-13(22)9-14/h2-9H,10H2,1H3,(H,23,26,28)/b15-8+. The smallest absolute Gasteiger partial charge is 0.343 e. The lowest BCUT2D eigenvalue weighted by molar-refractivity contribution is -0.143. The van der Waals surface area contributed by atoms with Crippen LogP contribution in [0.25, 0.3) is 6.08 Å². The molecule has 1 N–H and O–H groups in total. The summed E-state index contributed by atoms with van der Waals surface area (Å²) < 4.78 is 24.1. The average Bonchev–Trinajstić information content (AvgIpc) is 2.70. The fourth-order valence-corrected chi connectivity index (χ4v) is 3.00. The number of halogens is 2. The van der Waals surface area contributed by atoms with Gasteiger partial charge in [-0.05, 0) is 42.5 Å². The van der Waals surface area contributed by atoms with E-state index in [0.29, 0.717) is 14.9 Å². The molecule has 10 heteroatoms. The highest BCUT2D eigenvalue weighted by Gasteiger charge is 2.37. The van der Waals surface area contributed by atoms with Gasteiger partial charge in [0.25, 0.3) is 11.8 Å². The van der Waals surface area contributed by atoms with Crippen molar-refractivity contribution in [2.24, 2.45) is 0 Å². The zero-order valence-corrected chi connectivity index (χ0v) is 17.1. The number of nitrogens with zero attached hydrogens (tertiary/aromatic N) is 1. The van der Waals surface area contributed by atoms with Gasteiger partial charge < -0.3 is 9.47 Å². The van der Waals surface area contributed by atoms with Gasteiger partial charge in [-0.3, -0.25) is 14.9 Å². The molecule has 0 unspecified atom stereocenters. The number of anilines is 1. The van der Waals surface area contributed by atoms with Crippen LogP contribution in [0.3, 0.4) is 0 Å². The normalized spacial score (nSPS) is 15.2. The van der Waals surface area contributed by atoms with Crippen LogP contribution in [0, 0.1) is 5.82 Å². The van der Waals surface area contributed by atoms with Gasteiger partial charge >= 0.3 is 12.0 Å². The van der Waals surface area contributed by atoms with Gasteiger partial charge in [0.05, 0.1) is 12.8 Å². The Labute approximate surface area is 178 Å². The summed E-state index contributed by atoms with van der Waals surface area (Å²) in [7, 11) is 1.21. The Morgan fingerprint density at radius 1 is 1.20 bits per heavy atom. The van der Waals surface area contributed by atoms with Crippen LogP contribution in [0.5, 0.6) is 5.75 Å². The average molecular weight is 477 g/mol. The van der Waals surface area contributed by atoms with E-state index >= 15 is 0 Å². The topological polar surface area (TPSA) is 102 Å². The number of barbiturate groups is 1. The molecular weight excluding hydrogens is 463 g/mol. The molecular formula is C20H14BrFN2O6. The van der Waals surface area contributed by atoms with Crippen LogP contribution in [0.15, 0.2) is 52.5 Å². The largest absolute Gasteiger partial charge is 0.481 e. The molecule has 8 nitrogen and oxygen atoms in total. The first-order valence-electron chi connectivity index (χ1n) is 8.46. The molecule has 0 bridgehead atoms. The Morgan fingerprint density at radius 2 is 1.97 bits per heavy atom. The summed E-state index contributed by atoms with van der Waals surface area (Å²) in [4.78, 5) is 49.4. The Hall–Kier alpha value is -3.53. The van der Waals surface area contributed by atoms with Crippen LogP contribution in [0.2, 0.25) is 0 Å². The van der Waals surface area contributed by atoms with E-state index in [0.717, 1.165) is 12.1 Å². The zero-order valence-electron chi connectivity index (χ0n) is 15.5. The van der Waals surface area contributed by atoms with Crippen molar-refractivity contribution in [3.8, 4) is 5.75 Å². The Morgan fingerprint density at radius 3 is 2.67 bits per heavy atom. The summed E-state index contributed by atoms with van der Waals surface area (Å²) in [5.41, 5.74) is -0.118. The molecule has 1 fully saturated rings. The van der Waals surface area contributed by atoms with Crippen molar-refractivity contribution in [3.63, 3.8) is 0 Å². The Balaban J connectivity index is 2.00. The minimum atomic E-state index is -0.996. The third-order valence-corrected chi connectivity index (χ3v) is 4.51. The third kappa shape index (κ3) is 4.54. The number of benzene rings is 2. The highest BCUT2D eigenvalue weighted by molar-refractivity contribution is 9.10. The van der Waals surface area contributed by atoms with E-state index < -0.39 is 29.6 Å². The molecule has 1 heterocycles. The van der Waals surface area contributed by atoms with Gasteiger partial charge in [-0.1, -0.05) is 22.0 Å². The molecule has 2 aromatic rings. The van der Waals surface area contributed by atoms with Gasteiger partial charge in [-0.2, -0.15) is 0 Å². The zero-order chi connectivity index (χ0) is 21.8. The van der Waals surface area contributed by atoms with E-state index in [1.165, 1.54) is 31.4 Å². The number of methoxy groups -OCH3 is 1. The maximum Gasteiger partial charge on any atom is 0.343 e. The van der Waals surface area contributed by atoms with Gasteiger partial charge in [0, 0.05) is 10.0 Å². The molecule has 1 aliphatic rings. The van der Waals surface area contributed by atoms with Gasteiger partial charge in [-0.15, -0.1) is 0 Å². The number of imide groups is 2. The van der Waals surface area contributed by atoms with Crippen LogP contribution < -0.4 is 15.0 Å². The molecule has 0 atom stereocenters. The number of nitrogens with one attached hydrogen (secondary N) is 1. The molecule has 2 aromatic carbocycles. The minimum absolute atomic E-state index is 0.0349. The van der Waals surface area contributed by atoms with Crippen molar-refractivity contribution in [1.82, 2.24) is 5.32 Å². The van der Waals surface area contributed by atoms with Crippen molar-refractivity contribution in [2.75, 3.05) is 18.6 Å². The quantitative estimate of drug-likeness (QED) is 0.404. The number of carbonyl (C=O) groups is 4. The van der Waals surface area contributed by atoms with Crippen molar-refractivity contribution >= 4 is 51.5 Å². The SMILES string of the molecule is COC(=O)COc1ccc(Br)cc1/C=C1\C(=O)NC(=O)N(c2cccc(F)c2)C1=O. The summed E-state index contributed by atoms with van der Waals surface area (Å²) >= 11 is 3.28. The van der Waals surface area contributed by atoms with E-state index in [4.69, 9.17) is 4.74 Å². The number of esters is 1. The van der Waals surface area contributed by atoms with Crippen molar-refractivity contribution in [3.05, 3.63) is 63.9 Å². The fraction of sp³-hybridized carbons (Fsp3) is 0.100. The molecule has 1 aliphatic heterocycles. The van der Waals surface area contributed by atoms with Crippen LogP contribution in [-0.2, 0) is 19.1 Å². The first-order chi connectivity index (χ1) is 14.3.